The predicted octanol–water partition coefficient (Wildman–Crippen LogP) is 3.40. The molecule has 0 aliphatic heterocycles. The molecule has 20 heavy (non-hydrogen) atoms. The molecular weight excluding hydrogens is 260 g/mol. The molecule has 3 aromatic rings. The summed E-state index contributed by atoms with van der Waals surface area (Å²) in [5.41, 5.74) is 8.12. The number of hydrogen-bond acceptors (Lipinski definition) is 2. The van der Waals surface area contributed by atoms with Crippen molar-refractivity contribution in [3.63, 3.8) is 0 Å². The summed E-state index contributed by atoms with van der Waals surface area (Å²) in [4.78, 5) is 0. The molecule has 5 heteroatoms. The summed E-state index contributed by atoms with van der Waals surface area (Å²) in [5.74, 6) is -0.669. The Morgan fingerprint density at radius 2 is 1.70 bits per heavy atom. The number of nitrogens with zero attached hydrogens (tertiary/aromatic N) is 2. The SMILES string of the molecule is Nc1cn(-c2ccc(F)cc2)nc1-c1cccc(F)c1. The van der Waals surface area contributed by atoms with Gasteiger partial charge in [0.1, 0.15) is 17.3 Å². The van der Waals surface area contributed by atoms with Gasteiger partial charge in [-0.05, 0) is 36.4 Å². The molecule has 100 valence electrons. The topological polar surface area (TPSA) is 43.8 Å². The third-order valence-electron chi connectivity index (χ3n) is 2.93. The highest BCUT2D eigenvalue weighted by Gasteiger charge is 2.10. The Kier molecular flexibility index (Phi) is 2.95. The zero-order chi connectivity index (χ0) is 14.1. The Morgan fingerprint density at radius 3 is 2.40 bits per heavy atom. The molecule has 1 aromatic heterocycles. The average molecular weight is 271 g/mol. The summed E-state index contributed by atoms with van der Waals surface area (Å²) < 4.78 is 27.7. The molecule has 3 rings (SSSR count). The van der Waals surface area contributed by atoms with Gasteiger partial charge in [-0.2, -0.15) is 5.10 Å². The van der Waals surface area contributed by atoms with Crippen molar-refractivity contribution in [2.24, 2.45) is 0 Å². The summed E-state index contributed by atoms with van der Waals surface area (Å²) in [6.45, 7) is 0. The summed E-state index contributed by atoms with van der Waals surface area (Å²) in [7, 11) is 0. The second-order valence-electron chi connectivity index (χ2n) is 4.36. The van der Waals surface area contributed by atoms with E-state index in [0.717, 1.165) is 0 Å². The second kappa shape index (κ2) is 4.77. The maximum absolute atomic E-state index is 13.2. The van der Waals surface area contributed by atoms with Gasteiger partial charge in [-0.1, -0.05) is 12.1 Å². The summed E-state index contributed by atoms with van der Waals surface area (Å²) in [6.07, 6.45) is 1.62. The van der Waals surface area contributed by atoms with Crippen LogP contribution in [-0.2, 0) is 0 Å². The standard InChI is InChI=1S/C15H11F2N3/c16-11-4-6-13(7-5-11)20-9-14(18)15(19-20)10-2-1-3-12(17)8-10/h1-9H,18H2. The van der Waals surface area contributed by atoms with Crippen molar-refractivity contribution in [1.82, 2.24) is 9.78 Å². The molecule has 0 saturated heterocycles. The minimum absolute atomic E-state index is 0.320. The Balaban J connectivity index is 2.05. The first-order valence-electron chi connectivity index (χ1n) is 6.00. The van der Waals surface area contributed by atoms with Crippen molar-refractivity contribution in [1.29, 1.82) is 0 Å². The van der Waals surface area contributed by atoms with Crippen molar-refractivity contribution in [3.05, 3.63) is 66.4 Å². The van der Waals surface area contributed by atoms with Gasteiger partial charge in [0.2, 0.25) is 0 Å². The highest BCUT2D eigenvalue weighted by atomic mass is 19.1. The van der Waals surface area contributed by atoms with Crippen LogP contribution in [-0.4, -0.2) is 9.78 Å². The van der Waals surface area contributed by atoms with Gasteiger partial charge in [0, 0.05) is 5.56 Å². The Morgan fingerprint density at radius 1 is 0.950 bits per heavy atom. The zero-order valence-corrected chi connectivity index (χ0v) is 10.4. The van der Waals surface area contributed by atoms with Crippen LogP contribution in [0.15, 0.2) is 54.7 Å². The first kappa shape index (κ1) is 12.3. The van der Waals surface area contributed by atoms with E-state index in [2.05, 4.69) is 5.10 Å². The molecule has 0 unspecified atom stereocenters. The quantitative estimate of drug-likeness (QED) is 0.776. The number of hydrogen-bond donors (Lipinski definition) is 1. The fourth-order valence-corrected chi connectivity index (χ4v) is 1.97. The number of halogens is 2. The van der Waals surface area contributed by atoms with Gasteiger partial charge < -0.3 is 5.73 Å². The average Bonchev–Trinajstić information content (AvgIpc) is 2.82. The van der Waals surface area contributed by atoms with Crippen molar-refractivity contribution < 1.29 is 8.78 Å². The smallest absolute Gasteiger partial charge is 0.123 e. The third-order valence-corrected chi connectivity index (χ3v) is 2.93. The number of anilines is 1. The second-order valence-corrected chi connectivity index (χ2v) is 4.36. The van der Waals surface area contributed by atoms with Gasteiger partial charge in [-0.3, -0.25) is 0 Å². The number of benzene rings is 2. The lowest BCUT2D eigenvalue weighted by atomic mass is 10.1. The molecule has 0 aliphatic rings. The molecule has 3 nitrogen and oxygen atoms in total. The highest BCUT2D eigenvalue weighted by molar-refractivity contribution is 5.72. The Labute approximate surface area is 114 Å². The van der Waals surface area contributed by atoms with E-state index in [0.29, 0.717) is 22.6 Å². The molecule has 0 aliphatic carbocycles. The van der Waals surface area contributed by atoms with E-state index in [1.54, 1.807) is 30.5 Å². The fraction of sp³-hybridized carbons (Fsp3) is 0. The van der Waals surface area contributed by atoms with Crippen molar-refractivity contribution >= 4 is 5.69 Å². The van der Waals surface area contributed by atoms with Crippen molar-refractivity contribution in [3.8, 4) is 16.9 Å². The molecule has 1 heterocycles. The van der Waals surface area contributed by atoms with E-state index in [9.17, 15) is 8.78 Å². The lowest BCUT2D eigenvalue weighted by Crippen LogP contribution is -1.94. The highest BCUT2D eigenvalue weighted by Crippen LogP contribution is 2.25. The Hall–Kier alpha value is -2.69. The number of nitrogens with two attached hydrogens (primary N) is 1. The molecule has 0 saturated carbocycles. The van der Waals surface area contributed by atoms with Crippen LogP contribution in [0.2, 0.25) is 0 Å². The molecule has 2 N–H and O–H groups in total. The van der Waals surface area contributed by atoms with E-state index in [4.69, 9.17) is 5.73 Å². The molecule has 0 radical (unpaired) electrons. The predicted molar refractivity (Wildman–Crippen MR) is 73.3 cm³/mol. The first-order valence-corrected chi connectivity index (χ1v) is 6.00. The van der Waals surface area contributed by atoms with Crippen LogP contribution in [0.5, 0.6) is 0 Å². The molecule has 0 atom stereocenters. The normalized spacial score (nSPS) is 10.7. The molecule has 0 amide bonds. The van der Waals surface area contributed by atoms with E-state index < -0.39 is 0 Å². The van der Waals surface area contributed by atoms with E-state index in [-0.39, 0.29) is 11.6 Å². The van der Waals surface area contributed by atoms with Crippen molar-refractivity contribution in [2.45, 2.75) is 0 Å². The van der Waals surface area contributed by atoms with Crippen molar-refractivity contribution in [2.75, 3.05) is 5.73 Å². The maximum Gasteiger partial charge on any atom is 0.123 e. The Bertz CT molecular complexity index is 748. The summed E-state index contributed by atoms with van der Waals surface area (Å²) >= 11 is 0. The molecule has 0 fully saturated rings. The number of nitrogen functional groups attached to an aromatic ring is 1. The molecule has 0 bridgehead atoms. The summed E-state index contributed by atoms with van der Waals surface area (Å²) in [6, 6.07) is 11.9. The number of rotatable bonds is 2. The largest absolute Gasteiger partial charge is 0.396 e. The first-order chi connectivity index (χ1) is 9.63. The van der Waals surface area contributed by atoms with Gasteiger partial charge in [0.15, 0.2) is 0 Å². The van der Waals surface area contributed by atoms with Crippen LogP contribution < -0.4 is 5.73 Å². The number of aromatic nitrogens is 2. The fourth-order valence-electron chi connectivity index (χ4n) is 1.97. The monoisotopic (exact) mass is 271 g/mol. The zero-order valence-electron chi connectivity index (χ0n) is 10.4. The van der Waals surface area contributed by atoms with Gasteiger partial charge >= 0.3 is 0 Å². The van der Waals surface area contributed by atoms with Crippen LogP contribution >= 0.6 is 0 Å². The minimum atomic E-state index is -0.349. The van der Waals surface area contributed by atoms with Gasteiger partial charge in [-0.25, -0.2) is 13.5 Å². The van der Waals surface area contributed by atoms with Gasteiger partial charge in [0.05, 0.1) is 17.6 Å². The molecule has 0 spiro atoms. The van der Waals surface area contributed by atoms with E-state index >= 15 is 0 Å². The summed E-state index contributed by atoms with van der Waals surface area (Å²) in [5, 5.41) is 4.32. The van der Waals surface area contributed by atoms with E-state index in [1.165, 1.54) is 28.9 Å². The van der Waals surface area contributed by atoms with Crippen LogP contribution in [0.4, 0.5) is 14.5 Å². The lowest BCUT2D eigenvalue weighted by molar-refractivity contribution is 0.626. The third kappa shape index (κ3) is 2.25. The molecular formula is C15H11F2N3. The van der Waals surface area contributed by atoms with Crippen LogP contribution in [0, 0.1) is 11.6 Å². The lowest BCUT2D eigenvalue weighted by Gasteiger charge is -2.00. The van der Waals surface area contributed by atoms with Crippen LogP contribution in [0.3, 0.4) is 0 Å². The van der Waals surface area contributed by atoms with E-state index in [1.807, 2.05) is 0 Å². The molecule has 2 aromatic carbocycles. The van der Waals surface area contributed by atoms with Gasteiger partial charge in [0.25, 0.3) is 0 Å². The van der Waals surface area contributed by atoms with Crippen LogP contribution in [0.25, 0.3) is 16.9 Å². The van der Waals surface area contributed by atoms with Crippen LogP contribution in [0.1, 0.15) is 0 Å². The maximum atomic E-state index is 13.2. The van der Waals surface area contributed by atoms with Gasteiger partial charge in [-0.15, -0.1) is 0 Å². The minimum Gasteiger partial charge on any atom is -0.396 e.